The Kier molecular flexibility index (Phi) is 6.63. The van der Waals surface area contributed by atoms with E-state index in [1.807, 2.05) is 6.07 Å². The number of nitrogens with zero attached hydrogens (tertiary/aromatic N) is 2. The molecule has 2 rings (SSSR count). The van der Waals surface area contributed by atoms with E-state index in [1.165, 1.54) is 7.11 Å². The van der Waals surface area contributed by atoms with Gasteiger partial charge in [-0.15, -0.1) is 0 Å². The second-order valence-electron chi connectivity index (χ2n) is 5.94. The number of carboxylic acids is 1. The highest BCUT2D eigenvalue weighted by Gasteiger charge is 2.27. The molecule has 0 aliphatic carbocycles. The Hall–Kier alpha value is -2.75. The predicted octanol–water partition coefficient (Wildman–Crippen LogP) is 2.19. The molecule has 1 saturated heterocycles. The van der Waals surface area contributed by atoms with E-state index < -0.39 is 5.97 Å². The number of carboxylic acid groups (broad SMARTS) is 1. The number of likely N-dealkylation sites (tertiary alicyclic amines) is 1. The van der Waals surface area contributed by atoms with E-state index in [1.54, 1.807) is 23.1 Å². The summed E-state index contributed by atoms with van der Waals surface area (Å²) in [5.41, 5.74) is 0.445. The van der Waals surface area contributed by atoms with Gasteiger partial charge in [0.05, 0.1) is 18.7 Å². The minimum atomic E-state index is -0.850. The summed E-state index contributed by atoms with van der Waals surface area (Å²) in [5, 5.41) is 17.8. The molecule has 1 N–H and O–H groups in total. The SMILES string of the molecule is COc1cc(C#N)ccc1OCC(=O)N1CCCCC1CCC(=O)O. The fourth-order valence-corrected chi connectivity index (χ4v) is 3.00. The lowest BCUT2D eigenvalue weighted by atomic mass is 9.98. The normalized spacial score (nSPS) is 16.8. The van der Waals surface area contributed by atoms with Gasteiger partial charge in [0.15, 0.2) is 18.1 Å². The fourth-order valence-electron chi connectivity index (χ4n) is 3.00. The number of piperidine rings is 1. The minimum absolute atomic E-state index is 0.0520. The third-order valence-corrected chi connectivity index (χ3v) is 4.28. The fraction of sp³-hybridized carbons (Fsp3) is 0.500. The molecule has 1 unspecified atom stereocenters. The molecule has 0 spiro atoms. The number of hydrogen-bond donors (Lipinski definition) is 1. The largest absolute Gasteiger partial charge is 0.493 e. The molecule has 1 aliphatic rings. The number of nitriles is 1. The van der Waals surface area contributed by atoms with Crippen LogP contribution in [0.2, 0.25) is 0 Å². The van der Waals surface area contributed by atoms with E-state index in [2.05, 4.69) is 0 Å². The molecule has 0 bridgehead atoms. The van der Waals surface area contributed by atoms with Crippen molar-refractivity contribution in [3.8, 4) is 17.6 Å². The first-order valence-electron chi connectivity index (χ1n) is 8.27. The van der Waals surface area contributed by atoms with Crippen LogP contribution in [0.4, 0.5) is 0 Å². The van der Waals surface area contributed by atoms with Gasteiger partial charge in [-0.05, 0) is 37.8 Å². The number of benzene rings is 1. The van der Waals surface area contributed by atoms with Crippen molar-refractivity contribution in [2.24, 2.45) is 0 Å². The maximum Gasteiger partial charge on any atom is 0.303 e. The summed E-state index contributed by atoms with van der Waals surface area (Å²) in [6.07, 6.45) is 3.24. The van der Waals surface area contributed by atoms with Gasteiger partial charge in [-0.1, -0.05) is 0 Å². The third-order valence-electron chi connectivity index (χ3n) is 4.28. The van der Waals surface area contributed by atoms with Crippen LogP contribution in [-0.4, -0.2) is 48.2 Å². The van der Waals surface area contributed by atoms with Crippen molar-refractivity contribution in [2.75, 3.05) is 20.3 Å². The Morgan fingerprint density at radius 1 is 1.36 bits per heavy atom. The van der Waals surface area contributed by atoms with Crippen molar-refractivity contribution in [3.63, 3.8) is 0 Å². The molecular weight excluding hydrogens is 324 g/mol. The van der Waals surface area contributed by atoms with Crippen molar-refractivity contribution in [3.05, 3.63) is 23.8 Å². The first-order chi connectivity index (χ1) is 12.0. The Balaban J connectivity index is 1.98. The van der Waals surface area contributed by atoms with Gasteiger partial charge in [-0.25, -0.2) is 0 Å². The second kappa shape index (κ2) is 8.92. The summed E-state index contributed by atoms with van der Waals surface area (Å²) in [4.78, 5) is 25.0. The number of carbonyl (C=O) groups excluding carboxylic acids is 1. The molecule has 1 fully saturated rings. The van der Waals surface area contributed by atoms with E-state index in [9.17, 15) is 9.59 Å². The van der Waals surface area contributed by atoms with Crippen molar-refractivity contribution in [1.82, 2.24) is 4.90 Å². The average Bonchev–Trinajstić information content (AvgIpc) is 2.64. The molecule has 1 aromatic carbocycles. The molecule has 0 aromatic heterocycles. The number of aliphatic carboxylic acids is 1. The first kappa shape index (κ1) is 18.6. The highest BCUT2D eigenvalue weighted by atomic mass is 16.5. The molecule has 1 aromatic rings. The van der Waals surface area contributed by atoms with Gasteiger partial charge in [0.2, 0.25) is 0 Å². The third kappa shape index (κ3) is 5.11. The maximum atomic E-state index is 12.5. The number of rotatable bonds is 7. The van der Waals surface area contributed by atoms with E-state index >= 15 is 0 Å². The zero-order valence-corrected chi connectivity index (χ0v) is 14.2. The summed E-state index contributed by atoms with van der Waals surface area (Å²) in [6, 6.07) is 6.71. The van der Waals surface area contributed by atoms with E-state index in [0.717, 1.165) is 19.3 Å². The molecule has 0 saturated carbocycles. The molecule has 134 valence electrons. The molecule has 7 heteroatoms. The van der Waals surface area contributed by atoms with Crippen LogP contribution in [0.15, 0.2) is 18.2 Å². The predicted molar refractivity (Wildman–Crippen MR) is 89.4 cm³/mol. The topological polar surface area (TPSA) is 99.9 Å². The van der Waals surface area contributed by atoms with Gasteiger partial charge in [-0.3, -0.25) is 9.59 Å². The van der Waals surface area contributed by atoms with Gasteiger partial charge in [0.25, 0.3) is 5.91 Å². The van der Waals surface area contributed by atoms with Crippen LogP contribution >= 0.6 is 0 Å². The second-order valence-corrected chi connectivity index (χ2v) is 5.94. The monoisotopic (exact) mass is 346 g/mol. The Morgan fingerprint density at radius 2 is 2.16 bits per heavy atom. The molecule has 1 heterocycles. The van der Waals surface area contributed by atoms with Crippen molar-refractivity contribution in [1.29, 1.82) is 5.26 Å². The van der Waals surface area contributed by atoms with Crippen LogP contribution < -0.4 is 9.47 Å². The molecule has 1 atom stereocenters. The standard InChI is InChI=1S/C18H22N2O5/c1-24-16-10-13(11-19)5-7-15(16)25-12-17(21)20-9-3-2-4-14(20)6-8-18(22)23/h5,7,10,14H,2-4,6,8-9,12H2,1H3,(H,22,23). The number of amides is 1. The van der Waals surface area contributed by atoms with Crippen molar-refractivity contribution >= 4 is 11.9 Å². The number of carbonyl (C=O) groups is 2. The van der Waals surface area contributed by atoms with Crippen LogP contribution in [0.25, 0.3) is 0 Å². The van der Waals surface area contributed by atoms with Crippen LogP contribution in [-0.2, 0) is 9.59 Å². The molecular formula is C18H22N2O5. The van der Waals surface area contributed by atoms with Gasteiger partial charge in [0.1, 0.15) is 0 Å². The summed E-state index contributed by atoms with van der Waals surface area (Å²) in [5.74, 6) is -0.222. The lowest BCUT2D eigenvalue weighted by molar-refractivity contribution is -0.141. The van der Waals surface area contributed by atoms with Crippen LogP contribution in [0.3, 0.4) is 0 Å². The van der Waals surface area contributed by atoms with Crippen molar-refractivity contribution < 1.29 is 24.2 Å². The molecule has 25 heavy (non-hydrogen) atoms. The van der Waals surface area contributed by atoms with Gasteiger partial charge in [0, 0.05) is 25.1 Å². The van der Waals surface area contributed by atoms with Crippen LogP contribution in [0, 0.1) is 11.3 Å². The van der Waals surface area contributed by atoms with Gasteiger partial charge < -0.3 is 19.5 Å². The average molecular weight is 346 g/mol. The van der Waals surface area contributed by atoms with Crippen LogP contribution in [0.1, 0.15) is 37.7 Å². The molecule has 0 radical (unpaired) electrons. The lowest BCUT2D eigenvalue weighted by Gasteiger charge is -2.35. The summed E-state index contributed by atoms with van der Waals surface area (Å²) in [7, 11) is 1.47. The number of methoxy groups -OCH3 is 1. The summed E-state index contributed by atoms with van der Waals surface area (Å²) < 4.78 is 10.8. The van der Waals surface area contributed by atoms with E-state index in [-0.39, 0.29) is 25.0 Å². The van der Waals surface area contributed by atoms with E-state index in [0.29, 0.717) is 30.0 Å². The smallest absolute Gasteiger partial charge is 0.303 e. The van der Waals surface area contributed by atoms with Gasteiger partial charge in [-0.2, -0.15) is 5.26 Å². The quantitative estimate of drug-likeness (QED) is 0.812. The molecule has 1 aliphatic heterocycles. The summed E-state index contributed by atoms with van der Waals surface area (Å²) >= 11 is 0. The maximum absolute atomic E-state index is 12.5. The van der Waals surface area contributed by atoms with Gasteiger partial charge >= 0.3 is 5.97 Å². The van der Waals surface area contributed by atoms with Crippen LogP contribution in [0.5, 0.6) is 11.5 Å². The first-order valence-corrected chi connectivity index (χ1v) is 8.27. The molecule has 1 amide bonds. The zero-order valence-electron chi connectivity index (χ0n) is 14.2. The highest BCUT2D eigenvalue weighted by molar-refractivity contribution is 5.78. The summed E-state index contributed by atoms with van der Waals surface area (Å²) in [6.45, 7) is 0.475. The zero-order chi connectivity index (χ0) is 18.2. The lowest BCUT2D eigenvalue weighted by Crippen LogP contribution is -2.46. The van der Waals surface area contributed by atoms with Crippen molar-refractivity contribution in [2.45, 2.75) is 38.1 Å². The Bertz CT molecular complexity index is 668. The Labute approximate surface area is 146 Å². The minimum Gasteiger partial charge on any atom is -0.493 e. The Morgan fingerprint density at radius 3 is 2.84 bits per heavy atom. The number of ether oxygens (including phenoxy) is 2. The van der Waals surface area contributed by atoms with E-state index in [4.69, 9.17) is 19.8 Å². The molecule has 7 nitrogen and oxygen atoms in total. The highest BCUT2D eigenvalue weighted by Crippen LogP contribution is 2.28. The number of hydrogen-bond acceptors (Lipinski definition) is 5.